The Bertz CT molecular complexity index is 673. The molecule has 0 aliphatic carbocycles. The Morgan fingerprint density at radius 2 is 2.16 bits per heavy atom. The minimum atomic E-state index is 0.290. The Labute approximate surface area is 152 Å². The fourth-order valence-corrected chi connectivity index (χ4v) is 3.59. The van der Waals surface area contributed by atoms with E-state index in [-0.39, 0.29) is 5.92 Å². The molecule has 136 valence electrons. The molecule has 8 heteroatoms. The van der Waals surface area contributed by atoms with Crippen LogP contribution in [0.1, 0.15) is 31.5 Å². The van der Waals surface area contributed by atoms with E-state index in [4.69, 9.17) is 4.52 Å². The van der Waals surface area contributed by atoms with Gasteiger partial charge in [-0.1, -0.05) is 19.0 Å². The first kappa shape index (κ1) is 17.7. The molecule has 1 aliphatic heterocycles. The van der Waals surface area contributed by atoms with Gasteiger partial charge >= 0.3 is 0 Å². The number of hydrogen-bond donors (Lipinski definition) is 1. The highest BCUT2D eigenvalue weighted by atomic mass is 32.1. The van der Waals surface area contributed by atoms with Gasteiger partial charge in [0.05, 0.1) is 5.00 Å². The molecule has 1 N–H and O–H groups in total. The molecule has 0 atom stereocenters. The third-order valence-electron chi connectivity index (χ3n) is 4.23. The van der Waals surface area contributed by atoms with Gasteiger partial charge in [0.1, 0.15) is 0 Å². The van der Waals surface area contributed by atoms with Crippen LogP contribution in [0.4, 0.5) is 5.00 Å². The van der Waals surface area contributed by atoms with Crippen LogP contribution in [0, 0.1) is 0 Å². The highest BCUT2D eigenvalue weighted by Gasteiger charge is 2.20. The van der Waals surface area contributed by atoms with Crippen LogP contribution in [-0.2, 0) is 6.42 Å². The van der Waals surface area contributed by atoms with Crippen LogP contribution in [0.3, 0.4) is 0 Å². The summed E-state index contributed by atoms with van der Waals surface area (Å²) >= 11 is 1.80. The maximum Gasteiger partial charge on any atom is 0.228 e. The fourth-order valence-electron chi connectivity index (χ4n) is 2.81. The van der Waals surface area contributed by atoms with Gasteiger partial charge in [-0.05, 0) is 17.5 Å². The molecule has 0 bridgehead atoms. The van der Waals surface area contributed by atoms with E-state index in [1.54, 1.807) is 11.3 Å². The summed E-state index contributed by atoms with van der Waals surface area (Å²) in [5, 5.41) is 10.9. The second-order valence-electron chi connectivity index (χ2n) is 6.35. The molecular weight excluding hydrogens is 336 g/mol. The lowest BCUT2D eigenvalue weighted by molar-refractivity contribution is 0.362. The average Bonchev–Trinajstić information content (AvgIpc) is 3.31. The lowest BCUT2D eigenvalue weighted by Gasteiger charge is -2.37. The molecule has 0 saturated carbocycles. The number of aliphatic imine (C=N–C) groups is 1. The molecular formula is C17H26N6OS. The number of aromatic nitrogens is 2. The van der Waals surface area contributed by atoms with Crippen molar-refractivity contribution in [3.05, 3.63) is 29.2 Å². The van der Waals surface area contributed by atoms with Gasteiger partial charge in [-0.25, -0.2) is 0 Å². The predicted octanol–water partition coefficient (Wildman–Crippen LogP) is 2.19. The van der Waals surface area contributed by atoms with Gasteiger partial charge in [-0.2, -0.15) is 4.98 Å². The molecule has 0 aromatic carbocycles. The Morgan fingerprint density at radius 1 is 1.36 bits per heavy atom. The quantitative estimate of drug-likeness (QED) is 0.649. The van der Waals surface area contributed by atoms with Crippen molar-refractivity contribution in [2.75, 3.05) is 44.7 Å². The van der Waals surface area contributed by atoms with Gasteiger partial charge in [0, 0.05) is 52.1 Å². The summed E-state index contributed by atoms with van der Waals surface area (Å²) in [6.45, 7) is 8.82. The lowest BCUT2D eigenvalue weighted by Crippen LogP contribution is -2.52. The highest BCUT2D eigenvalue weighted by Crippen LogP contribution is 2.22. The van der Waals surface area contributed by atoms with Crippen molar-refractivity contribution in [3.8, 4) is 0 Å². The Morgan fingerprint density at radius 3 is 2.76 bits per heavy atom. The van der Waals surface area contributed by atoms with E-state index >= 15 is 0 Å². The van der Waals surface area contributed by atoms with Gasteiger partial charge in [0.15, 0.2) is 11.8 Å². The van der Waals surface area contributed by atoms with E-state index in [2.05, 4.69) is 61.6 Å². The maximum absolute atomic E-state index is 5.28. The molecule has 7 nitrogen and oxygen atoms in total. The number of thiophene rings is 1. The Balaban J connectivity index is 1.45. The van der Waals surface area contributed by atoms with Gasteiger partial charge in [-0.3, -0.25) is 4.99 Å². The zero-order valence-corrected chi connectivity index (χ0v) is 15.9. The molecule has 1 aliphatic rings. The topological polar surface area (TPSA) is 69.8 Å². The molecule has 2 aromatic rings. The van der Waals surface area contributed by atoms with Crippen LogP contribution >= 0.6 is 11.3 Å². The van der Waals surface area contributed by atoms with Crippen molar-refractivity contribution >= 4 is 22.3 Å². The smallest absolute Gasteiger partial charge is 0.228 e. The molecule has 2 aromatic heterocycles. The molecule has 0 radical (unpaired) electrons. The summed E-state index contributed by atoms with van der Waals surface area (Å²) in [6, 6.07) is 4.29. The Hall–Kier alpha value is -2.09. The Kier molecular flexibility index (Phi) is 5.91. The average molecular weight is 363 g/mol. The predicted molar refractivity (Wildman–Crippen MR) is 102 cm³/mol. The van der Waals surface area contributed by atoms with Crippen LogP contribution in [0.25, 0.3) is 0 Å². The van der Waals surface area contributed by atoms with Gasteiger partial charge in [0.25, 0.3) is 0 Å². The van der Waals surface area contributed by atoms with Crippen molar-refractivity contribution in [2.45, 2.75) is 26.2 Å². The third kappa shape index (κ3) is 4.50. The number of piperazine rings is 1. The van der Waals surface area contributed by atoms with Gasteiger partial charge in [-0.15, -0.1) is 11.3 Å². The molecule has 1 fully saturated rings. The second-order valence-corrected chi connectivity index (χ2v) is 7.28. The number of guanidine groups is 1. The van der Waals surface area contributed by atoms with Crippen LogP contribution in [-0.4, -0.2) is 60.8 Å². The van der Waals surface area contributed by atoms with Gasteiger partial charge in [0.2, 0.25) is 5.89 Å². The van der Waals surface area contributed by atoms with Crippen LogP contribution in [0.2, 0.25) is 0 Å². The number of hydrogen-bond acceptors (Lipinski definition) is 6. The first-order valence-corrected chi connectivity index (χ1v) is 9.62. The number of anilines is 1. The zero-order valence-electron chi connectivity index (χ0n) is 15.1. The molecule has 3 heterocycles. The molecule has 1 saturated heterocycles. The van der Waals surface area contributed by atoms with Crippen molar-refractivity contribution in [2.24, 2.45) is 4.99 Å². The van der Waals surface area contributed by atoms with Crippen molar-refractivity contribution in [3.63, 3.8) is 0 Å². The van der Waals surface area contributed by atoms with Crippen molar-refractivity contribution in [1.29, 1.82) is 0 Å². The molecule has 0 unspecified atom stereocenters. The molecule has 0 spiro atoms. The summed E-state index contributed by atoms with van der Waals surface area (Å²) in [7, 11) is 1.83. The number of rotatable bonds is 5. The van der Waals surface area contributed by atoms with E-state index in [1.807, 2.05) is 7.05 Å². The van der Waals surface area contributed by atoms with E-state index in [0.717, 1.165) is 44.5 Å². The van der Waals surface area contributed by atoms with Crippen LogP contribution < -0.4 is 10.2 Å². The molecule has 0 amide bonds. The molecule has 3 rings (SSSR count). The minimum absolute atomic E-state index is 0.290. The van der Waals surface area contributed by atoms with Gasteiger partial charge < -0.3 is 19.6 Å². The minimum Gasteiger partial charge on any atom is -0.360 e. The maximum atomic E-state index is 5.28. The third-order valence-corrected chi connectivity index (χ3v) is 5.16. The number of nitrogens with zero attached hydrogens (tertiary/aromatic N) is 5. The highest BCUT2D eigenvalue weighted by molar-refractivity contribution is 7.14. The fraction of sp³-hybridized carbons (Fsp3) is 0.588. The summed E-state index contributed by atoms with van der Waals surface area (Å²) in [5.74, 6) is 2.67. The van der Waals surface area contributed by atoms with Crippen molar-refractivity contribution in [1.82, 2.24) is 20.4 Å². The largest absolute Gasteiger partial charge is 0.360 e. The van der Waals surface area contributed by atoms with Crippen molar-refractivity contribution < 1.29 is 4.52 Å². The first-order chi connectivity index (χ1) is 12.2. The monoisotopic (exact) mass is 362 g/mol. The van der Waals surface area contributed by atoms with Crippen LogP contribution in [0.15, 0.2) is 27.0 Å². The summed E-state index contributed by atoms with van der Waals surface area (Å²) in [5.41, 5.74) is 0. The first-order valence-electron chi connectivity index (χ1n) is 8.74. The molecule has 25 heavy (non-hydrogen) atoms. The summed E-state index contributed by atoms with van der Waals surface area (Å²) in [4.78, 5) is 13.6. The zero-order chi connectivity index (χ0) is 17.6. The summed E-state index contributed by atoms with van der Waals surface area (Å²) in [6.07, 6.45) is 0.702. The standard InChI is InChI=1S/C17H26N6OS/c1-13(2)16-20-14(24-21-16)6-7-19-17(18-3)23-10-8-22(9-11-23)15-5-4-12-25-15/h4-5,12-13H,6-11H2,1-3H3,(H,18,19). The normalized spacial score (nSPS) is 15.9. The van der Waals surface area contributed by atoms with E-state index < -0.39 is 0 Å². The number of nitrogens with one attached hydrogen (secondary N) is 1. The van der Waals surface area contributed by atoms with E-state index in [0.29, 0.717) is 12.3 Å². The lowest BCUT2D eigenvalue weighted by atomic mass is 10.2. The van der Waals surface area contributed by atoms with E-state index in [9.17, 15) is 0 Å². The summed E-state index contributed by atoms with van der Waals surface area (Å²) < 4.78 is 5.28. The van der Waals surface area contributed by atoms with Crippen LogP contribution in [0.5, 0.6) is 0 Å². The second kappa shape index (κ2) is 8.33. The SMILES string of the molecule is CN=C(NCCc1nc(C(C)C)no1)N1CCN(c2cccs2)CC1. The van der Waals surface area contributed by atoms with E-state index in [1.165, 1.54) is 5.00 Å².